The van der Waals surface area contributed by atoms with Crippen molar-refractivity contribution in [1.29, 1.82) is 0 Å². The van der Waals surface area contributed by atoms with E-state index in [2.05, 4.69) is 5.32 Å². The normalized spacial score (nSPS) is 12.1. The molecule has 158 valence electrons. The molecule has 0 aliphatic rings. The lowest BCUT2D eigenvalue weighted by molar-refractivity contribution is -0.123. The van der Waals surface area contributed by atoms with Crippen LogP contribution >= 0.6 is 0 Å². The molecular formula is C20H25NO7S. The highest BCUT2D eigenvalue weighted by Crippen LogP contribution is 2.32. The largest absolute Gasteiger partial charge is 0.493 e. The van der Waals surface area contributed by atoms with Gasteiger partial charge in [-0.25, -0.2) is 8.42 Å². The first kappa shape index (κ1) is 22.5. The number of aliphatic hydroxyl groups excluding tert-OH is 1. The summed E-state index contributed by atoms with van der Waals surface area (Å²) in [5, 5.41) is 12.5. The summed E-state index contributed by atoms with van der Waals surface area (Å²) in [5.74, 6) is 0.637. The summed E-state index contributed by atoms with van der Waals surface area (Å²) in [6.45, 7) is 1.34. The van der Waals surface area contributed by atoms with Gasteiger partial charge in [0, 0.05) is 18.9 Å². The van der Waals surface area contributed by atoms with Crippen LogP contribution in [0.5, 0.6) is 17.2 Å². The molecule has 2 aromatic rings. The third-order valence-electron chi connectivity index (χ3n) is 3.94. The highest BCUT2D eigenvalue weighted by atomic mass is 32.2. The van der Waals surface area contributed by atoms with Gasteiger partial charge in [-0.15, -0.1) is 0 Å². The van der Waals surface area contributed by atoms with Crippen LogP contribution in [0.25, 0.3) is 0 Å². The molecule has 1 amide bonds. The topological polar surface area (TPSA) is 111 Å². The van der Waals surface area contributed by atoms with Crippen molar-refractivity contribution in [1.82, 2.24) is 5.32 Å². The molecule has 0 saturated heterocycles. The number of rotatable bonds is 10. The number of ether oxygens (including phenoxy) is 3. The van der Waals surface area contributed by atoms with Crippen molar-refractivity contribution in [3.05, 3.63) is 48.0 Å². The van der Waals surface area contributed by atoms with Crippen molar-refractivity contribution < 1.29 is 32.5 Å². The second kappa shape index (κ2) is 10.1. The number of aliphatic hydroxyl groups is 1. The third-order valence-corrected chi connectivity index (χ3v) is 5.18. The third kappa shape index (κ3) is 6.95. The van der Waals surface area contributed by atoms with Crippen LogP contribution in [0.1, 0.15) is 5.56 Å². The number of nitrogens with one attached hydrogen (secondary N) is 1. The van der Waals surface area contributed by atoms with E-state index in [9.17, 15) is 18.3 Å². The molecule has 0 spiro atoms. The molecule has 0 radical (unpaired) electrons. The molecule has 29 heavy (non-hydrogen) atoms. The van der Waals surface area contributed by atoms with Crippen molar-refractivity contribution in [2.45, 2.75) is 17.9 Å². The number of hydrogen-bond donors (Lipinski definition) is 2. The number of benzene rings is 2. The highest BCUT2D eigenvalue weighted by molar-refractivity contribution is 7.90. The Balaban J connectivity index is 1.85. The number of hydrogen-bond acceptors (Lipinski definition) is 7. The van der Waals surface area contributed by atoms with E-state index in [-0.39, 0.29) is 36.2 Å². The summed E-state index contributed by atoms with van der Waals surface area (Å²) in [5.41, 5.74) is 0.484. The fourth-order valence-electron chi connectivity index (χ4n) is 2.51. The van der Waals surface area contributed by atoms with E-state index in [0.29, 0.717) is 11.3 Å². The van der Waals surface area contributed by atoms with Gasteiger partial charge in [0.2, 0.25) is 0 Å². The predicted molar refractivity (Wildman–Crippen MR) is 107 cm³/mol. The van der Waals surface area contributed by atoms with Crippen LogP contribution in [-0.2, 0) is 14.6 Å². The van der Waals surface area contributed by atoms with Crippen molar-refractivity contribution >= 4 is 15.7 Å². The molecule has 0 bridgehead atoms. The summed E-state index contributed by atoms with van der Waals surface area (Å²) in [7, 11) is -2.03. The number of carbonyl (C=O) groups excluding carboxylic acids is 1. The Morgan fingerprint density at radius 2 is 1.83 bits per heavy atom. The van der Waals surface area contributed by atoms with Gasteiger partial charge in [-0.3, -0.25) is 4.79 Å². The van der Waals surface area contributed by atoms with Gasteiger partial charge in [-0.05, 0) is 30.7 Å². The molecule has 0 aliphatic carbocycles. The van der Waals surface area contributed by atoms with Gasteiger partial charge in [-0.2, -0.15) is 0 Å². The number of amides is 1. The Morgan fingerprint density at radius 3 is 2.45 bits per heavy atom. The SMILES string of the molecule is COc1cc(S(C)(=O)=O)c(C)cc1OCC(=O)NCC(O)COc1ccccc1. The Labute approximate surface area is 170 Å². The first-order chi connectivity index (χ1) is 13.7. The second-order valence-corrected chi connectivity index (χ2v) is 8.40. The van der Waals surface area contributed by atoms with E-state index in [4.69, 9.17) is 14.2 Å². The summed E-state index contributed by atoms with van der Waals surface area (Å²) in [6, 6.07) is 11.9. The van der Waals surface area contributed by atoms with E-state index in [1.54, 1.807) is 19.1 Å². The average molecular weight is 423 g/mol. The van der Waals surface area contributed by atoms with Gasteiger partial charge in [0.05, 0.1) is 12.0 Å². The van der Waals surface area contributed by atoms with E-state index >= 15 is 0 Å². The zero-order chi connectivity index (χ0) is 21.4. The Bertz CT molecular complexity index is 929. The van der Waals surface area contributed by atoms with Crippen LogP contribution in [-0.4, -0.2) is 58.7 Å². The van der Waals surface area contributed by atoms with Gasteiger partial charge in [0.15, 0.2) is 27.9 Å². The molecule has 0 aliphatic heterocycles. The maximum atomic E-state index is 12.0. The average Bonchev–Trinajstić information content (AvgIpc) is 2.69. The summed E-state index contributed by atoms with van der Waals surface area (Å²) in [4.78, 5) is 12.1. The molecule has 8 nitrogen and oxygen atoms in total. The van der Waals surface area contributed by atoms with Crippen molar-refractivity contribution in [2.75, 3.05) is 33.1 Å². The summed E-state index contributed by atoms with van der Waals surface area (Å²) >= 11 is 0. The van der Waals surface area contributed by atoms with Crippen LogP contribution in [0, 0.1) is 6.92 Å². The van der Waals surface area contributed by atoms with Crippen LogP contribution in [0.2, 0.25) is 0 Å². The Morgan fingerprint density at radius 1 is 1.14 bits per heavy atom. The van der Waals surface area contributed by atoms with E-state index < -0.39 is 21.8 Å². The molecule has 0 heterocycles. The quantitative estimate of drug-likeness (QED) is 0.593. The zero-order valence-electron chi connectivity index (χ0n) is 16.5. The standard InChI is InChI=1S/C20H25NO7S/c1-14-9-18(17(26-2)10-19(14)29(3,24)25)28-13-20(23)21-11-15(22)12-27-16-7-5-4-6-8-16/h4-10,15,22H,11-13H2,1-3H3,(H,21,23). The summed E-state index contributed by atoms with van der Waals surface area (Å²) < 4.78 is 39.6. The number of sulfone groups is 1. The van der Waals surface area contributed by atoms with Gasteiger partial charge in [0.1, 0.15) is 18.5 Å². The highest BCUT2D eigenvalue weighted by Gasteiger charge is 2.17. The number of methoxy groups -OCH3 is 1. The fourth-order valence-corrected chi connectivity index (χ4v) is 3.47. The summed E-state index contributed by atoms with van der Waals surface area (Å²) in [6.07, 6.45) is 0.222. The van der Waals surface area contributed by atoms with Gasteiger partial charge in [-0.1, -0.05) is 18.2 Å². The van der Waals surface area contributed by atoms with E-state index in [0.717, 1.165) is 6.26 Å². The van der Waals surface area contributed by atoms with Gasteiger partial charge >= 0.3 is 0 Å². The van der Waals surface area contributed by atoms with E-state index in [1.165, 1.54) is 19.2 Å². The maximum absolute atomic E-state index is 12.0. The minimum absolute atomic E-state index is 0.00178. The number of aryl methyl sites for hydroxylation is 1. The van der Waals surface area contributed by atoms with Gasteiger partial charge in [0.25, 0.3) is 5.91 Å². The van der Waals surface area contributed by atoms with Crippen molar-refractivity contribution in [3.8, 4) is 17.2 Å². The fraction of sp³-hybridized carbons (Fsp3) is 0.350. The van der Waals surface area contributed by atoms with Crippen LogP contribution < -0.4 is 19.5 Å². The van der Waals surface area contributed by atoms with Gasteiger partial charge < -0.3 is 24.6 Å². The first-order valence-corrected chi connectivity index (χ1v) is 10.7. The smallest absolute Gasteiger partial charge is 0.258 e. The number of carbonyl (C=O) groups is 1. The Hall–Kier alpha value is -2.78. The second-order valence-electron chi connectivity index (χ2n) is 6.41. The zero-order valence-corrected chi connectivity index (χ0v) is 17.4. The first-order valence-electron chi connectivity index (χ1n) is 8.84. The lowest BCUT2D eigenvalue weighted by atomic mass is 10.2. The lowest BCUT2D eigenvalue weighted by Gasteiger charge is -2.15. The lowest BCUT2D eigenvalue weighted by Crippen LogP contribution is -2.37. The van der Waals surface area contributed by atoms with Crippen molar-refractivity contribution in [2.24, 2.45) is 0 Å². The molecule has 9 heteroatoms. The molecular weight excluding hydrogens is 398 g/mol. The molecule has 2 N–H and O–H groups in total. The predicted octanol–water partition coefficient (Wildman–Crippen LogP) is 1.34. The minimum Gasteiger partial charge on any atom is -0.493 e. The molecule has 1 atom stereocenters. The monoisotopic (exact) mass is 423 g/mol. The van der Waals surface area contributed by atoms with Crippen molar-refractivity contribution in [3.63, 3.8) is 0 Å². The molecule has 0 saturated carbocycles. The molecule has 0 aromatic heterocycles. The number of para-hydroxylation sites is 1. The van der Waals surface area contributed by atoms with Crippen LogP contribution in [0.4, 0.5) is 0 Å². The molecule has 0 fully saturated rings. The maximum Gasteiger partial charge on any atom is 0.258 e. The molecule has 2 rings (SSSR count). The molecule has 2 aromatic carbocycles. The van der Waals surface area contributed by atoms with E-state index in [1.807, 2.05) is 18.2 Å². The minimum atomic E-state index is -3.41. The van der Waals surface area contributed by atoms with Crippen LogP contribution in [0.15, 0.2) is 47.4 Å². The van der Waals surface area contributed by atoms with Crippen LogP contribution in [0.3, 0.4) is 0 Å². The Kier molecular flexibility index (Phi) is 7.86. The molecule has 1 unspecified atom stereocenters.